The van der Waals surface area contributed by atoms with Gasteiger partial charge in [-0.2, -0.15) is 0 Å². The third kappa shape index (κ3) is 4.10. The molecular weight excluding hydrogens is 302 g/mol. The first kappa shape index (κ1) is 16.4. The minimum absolute atomic E-state index is 0.137. The molecule has 0 spiro atoms. The van der Waals surface area contributed by atoms with Crippen molar-refractivity contribution < 1.29 is 9.53 Å². The molecule has 1 aliphatic heterocycles. The zero-order valence-electron chi connectivity index (χ0n) is 14.2. The number of aryl methyl sites for hydroxylation is 2. The number of para-hydroxylation sites is 1. The second-order valence-corrected chi connectivity index (χ2v) is 6.25. The fourth-order valence-electron chi connectivity index (χ4n) is 3.06. The maximum absolute atomic E-state index is 12.4. The summed E-state index contributed by atoms with van der Waals surface area (Å²) >= 11 is 0. The molecule has 0 unspecified atom stereocenters. The molecule has 1 aliphatic rings. The van der Waals surface area contributed by atoms with Crippen LogP contribution in [0.2, 0.25) is 0 Å². The summed E-state index contributed by atoms with van der Waals surface area (Å²) < 4.78 is 5.61. The molecule has 0 aliphatic carbocycles. The van der Waals surface area contributed by atoms with Gasteiger partial charge in [0.1, 0.15) is 11.6 Å². The van der Waals surface area contributed by atoms with Gasteiger partial charge in [-0.05, 0) is 38.5 Å². The summed E-state index contributed by atoms with van der Waals surface area (Å²) in [4.78, 5) is 23.3. The SMILES string of the molecule is Cc1cc(C)nc([C@H]2CCN(C(=O)CCOc3ccccc3)C2)n1. The number of amides is 1. The van der Waals surface area contributed by atoms with E-state index >= 15 is 0 Å². The Morgan fingerprint density at radius 3 is 2.62 bits per heavy atom. The van der Waals surface area contributed by atoms with Gasteiger partial charge in [-0.3, -0.25) is 4.79 Å². The van der Waals surface area contributed by atoms with Gasteiger partial charge in [0.05, 0.1) is 13.0 Å². The van der Waals surface area contributed by atoms with Crippen molar-refractivity contribution in [3.8, 4) is 5.75 Å². The van der Waals surface area contributed by atoms with Crippen LogP contribution in [0.3, 0.4) is 0 Å². The zero-order valence-corrected chi connectivity index (χ0v) is 14.2. The van der Waals surface area contributed by atoms with Crippen LogP contribution in [0, 0.1) is 13.8 Å². The third-order valence-electron chi connectivity index (χ3n) is 4.23. The number of carbonyl (C=O) groups excluding carboxylic acids is 1. The van der Waals surface area contributed by atoms with Crippen molar-refractivity contribution in [2.75, 3.05) is 19.7 Å². The van der Waals surface area contributed by atoms with Crippen molar-refractivity contribution in [3.63, 3.8) is 0 Å². The number of rotatable bonds is 5. The quantitative estimate of drug-likeness (QED) is 0.848. The van der Waals surface area contributed by atoms with Gasteiger partial charge in [-0.15, -0.1) is 0 Å². The fourth-order valence-corrected chi connectivity index (χ4v) is 3.06. The van der Waals surface area contributed by atoms with Crippen LogP contribution in [0.15, 0.2) is 36.4 Å². The fraction of sp³-hybridized carbons (Fsp3) is 0.421. The maximum atomic E-state index is 12.4. The van der Waals surface area contributed by atoms with Crippen LogP contribution in [-0.2, 0) is 4.79 Å². The van der Waals surface area contributed by atoms with E-state index in [1.54, 1.807) is 0 Å². The molecule has 1 atom stereocenters. The molecule has 1 amide bonds. The summed E-state index contributed by atoms with van der Waals surface area (Å²) in [5.41, 5.74) is 1.97. The first-order chi connectivity index (χ1) is 11.6. The lowest BCUT2D eigenvalue weighted by Gasteiger charge is -2.16. The summed E-state index contributed by atoms with van der Waals surface area (Å²) in [6.45, 7) is 5.84. The molecule has 24 heavy (non-hydrogen) atoms. The molecule has 1 aromatic carbocycles. The van der Waals surface area contributed by atoms with E-state index in [-0.39, 0.29) is 11.8 Å². The van der Waals surface area contributed by atoms with Crippen LogP contribution in [0.25, 0.3) is 0 Å². The maximum Gasteiger partial charge on any atom is 0.226 e. The molecule has 5 nitrogen and oxygen atoms in total. The summed E-state index contributed by atoms with van der Waals surface area (Å²) in [5, 5.41) is 0. The van der Waals surface area contributed by atoms with Gasteiger partial charge < -0.3 is 9.64 Å². The normalized spacial score (nSPS) is 17.1. The Kier molecular flexibility index (Phi) is 5.08. The van der Waals surface area contributed by atoms with Crippen LogP contribution in [0.5, 0.6) is 5.75 Å². The number of ether oxygens (including phenoxy) is 1. The van der Waals surface area contributed by atoms with E-state index < -0.39 is 0 Å². The highest BCUT2D eigenvalue weighted by Gasteiger charge is 2.29. The Bertz CT molecular complexity index is 683. The smallest absolute Gasteiger partial charge is 0.226 e. The number of aromatic nitrogens is 2. The highest BCUT2D eigenvalue weighted by molar-refractivity contribution is 5.76. The number of hydrogen-bond acceptors (Lipinski definition) is 4. The molecule has 0 bridgehead atoms. The van der Waals surface area contributed by atoms with Crippen molar-refractivity contribution >= 4 is 5.91 Å². The van der Waals surface area contributed by atoms with E-state index in [4.69, 9.17) is 4.74 Å². The number of likely N-dealkylation sites (tertiary alicyclic amines) is 1. The Balaban J connectivity index is 1.50. The highest BCUT2D eigenvalue weighted by Crippen LogP contribution is 2.25. The summed E-state index contributed by atoms with van der Waals surface area (Å²) in [6.07, 6.45) is 1.32. The molecule has 2 heterocycles. The molecule has 5 heteroatoms. The monoisotopic (exact) mass is 325 g/mol. The molecule has 1 fully saturated rings. The van der Waals surface area contributed by atoms with Gasteiger partial charge >= 0.3 is 0 Å². The van der Waals surface area contributed by atoms with Crippen molar-refractivity contribution in [1.29, 1.82) is 0 Å². The topological polar surface area (TPSA) is 55.3 Å². The Labute approximate surface area is 142 Å². The Morgan fingerprint density at radius 2 is 1.92 bits per heavy atom. The van der Waals surface area contributed by atoms with Crippen LogP contribution in [-0.4, -0.2) is 40.5 Å². The molecule has 0 radical (unpaired) electrons. The molecular formula is C19H23N3O2. The molecule has 0 N–H and O–H groups in total. The average Bonchev–Trinajstić information content (AvgIpc) is 3.05. The molecule has 126 valence electrons. The Morgan fingerprint density at radius 1 is 1.21 bits per heavy atom. The average molecular weight is 325 g/mol. The van der Waals surface area contributed by atoms with Crippen molar-refractivity contribution in [3.05, 3.63) is 53.6 Å². The van der Waals surface area contributed by atoms with Crippen molar-refractivity contribution in [2.24, 2.45) is 0 Å². The van der Waals surface area contributed by atoms with E-state index in [1.807, 2.05) is 55.1 Å². The lowest BCUT2D eigenvalue weighted by atomic mass is 10.1. The van der Waals surface area contributed by atoms with Crippen LogP contribution >= 0.6 is 0 Å². The second kappa shape index (κ2) is 7.43. The predicted octanol–water partition coefficient (Wildman–Crippen LogP) is 2.88. The van der Waals surface area contributed by atoms with Gasteiger partial charge in [0.2, 0.25) is 5.91 Å². The van der Waals surface area contributed by atoms with Crippen molar-refractivity contribution in [2.45, 2.75) is 32.6 Å². The molecule has 0 saturated carbocycles. The van der Waals surface area contributed by atoms with Gasteiger partial charge in [-0.1, -0.05) is 18.2 Å². The lowest BCUT2D eigenvalue weighted by Crippen LogP contribution is -2.29. The van der Waals surface area contributed by atoms with Gasteiger partial charge in [0, 0.05) is 30.4 Å². The van der Waals surface area contributed by atoms with Gasteiger partial charge in [0.25, 0.3) is 0 Å². The van der Waals surface area contributed by atoms with E-state index in [1.165, 1.54) is 0 Å². The highest BCUT2D eigenvalue weighted by atomic mass is 16.5. The minimum Gasteiger partial charge on any atom is -0.493 e. The minimum atomic E-state index is 0.137. The predicted molar refractivity (Wildman–Crippen MR) is 92.0 cm³/mol. The first-order valence-electron chi connectivity index (χ1n) is 8.39. The zero-order chi connectivity index (χ0) is 16.9. The Hall–Kier alpha value is -2.43. The van der Waals surface area contributed by atoms with Crippen LogP contribution in [0.4, 0.5) is 0 Å². The number of benzene rings is 1. The molecule has 2 aromatic rings. The molecule has 1 saturated heterocycles. The second-order valence-electron chi connectivity index (χ2n) is 6.25. The van der Waals surface area contributed by atoms with Gasteiger partial charge in [0.15, 0.2) is 0 Å². The largest absolute Gasteiger partial charge is 0.493 e. The van der Waals surface area contributed by atoms with E-state index in [0.717, 1.165) is 35.9 Å². The summed E-state index contributed by atoms with van der Waals surface area (Å²) in [5.74, 6) is 2.04. The van der Waals surface area contributed by atoms with Crippen LogP contribution < -0.4 is 4.74 Å². The summed E-state index contributed by atoms with van der Waals surface area (Å²) in [7, 11) is 0. The van der Waals surface area contributed by atoms with E-state index in [2.05, 4.69) is 9.97 Å². The van der Waals surface area contributed by atoms with E-state index in [9.17, 15) is 4.79 Å². The molecule has 3 rings (SSSR count). The number of hydrogen-bond donors (Lipinski definition) is 0. The lowest BCUT2D eigenvalue weighted by molar-refractivity contribution is -0.130. The van der Waals surface area contributed by atoms with E-state index in [0.29, 0.717) is 19.6 Å². The van der Waals surface area contributed by atoms with Gasteiger partial charge in [-0.25, -0.2) is 9.97 Å². The standard InChI is InChI=1S/C19H23N3O2/c1-14-12-15(2)21-19(20-14)16-8-10-22(13-16)18(23)9-11-24-17-6-4-3-5-7-17/h3-7,12,16H,8-11,13H2,1-2H3/t16-/m0/s1. The number of carbonyl (C=O) groups is 1. The third-order valence-corrected chi connectivity index (χ3v) is 4.23. The van der Waals surface area contributed by atoms with Crippen LogP contribution in [0.1, 0.15) is 36.0 Å². The number of nitrogens with zero attached hydrogens (tertiary/aromatic N) is 3. The summed E-state index contributed by atoms with van der Waals surface area (Å²) in [6, 6.07) is 11.6. The first-order valence-corrected chi connectivity index (χ1v) is 8.39. The molecule has 1 aromatic heterocycles. The van der Waals surface area contributed by atoms with Crippen molar-refractivity contribution in [1.82, 2.24) is 14.9 Å².